The van der Waals surface area contributed by atoms with Crippen molar-refractivity contribution in [3.05, 3.63) is 35.1 Å². The van der Waals surface area contributed by atoms with Gasteiger partial charge in [-0.2, -0.15) is 0 Å². The lowest BCUT2D eigenvalue weighted by Crippen LogP contribution is -2.21. The number of nitrogens with zero attached hydrogens (tertiary/aromatic N) is 1. The molecule has 0 aliphatic rings. The predicted octanol–water partition coefficient (Wildman–Crippen LogP) is 1.05. The number of hydrogen-bond donors (Lipinski definition) is 3. The van der Waals surface area contributed by atoms with E-state index < -0.39 is 5.82 Å². The van der Waals surface area contributed by atoms with Crippen molar-refractivity contribution in [3.8, 4) is 0 Å². The maximum Gasteiger partial charge on any atom is 0.173 e. The number of oxime groups is 1. The summed E-state index contributed by atoms with van der Waals surface area (Å²) in [7, 11) is 0. The summed E-state index contributed by atoms with van der Waals surface area (Å²) in [6.07, 6.45) is 0. The highest BCUT2D eigenvalue weighted by Gasteiger charge is 2.10. The summed E-state index contributed by atoms with van der Waals surface area (Å²) < 4.78 is 19.1. The second-order valence-electron chi connectivity index (χ2n) is 3.64. The summed E-state index contributed by atoms with van der Waals surface area (Å²) in [6, 6.07) is 4.78. The minimum atomic E-state index is -0.475. The van der Waals surface area contributed by atoms with Gasteiger partial charge in [-0.1, -0.05) is 17.3 Å². The van der Waals surface area contributed by atoms with Crippen molar-refractivity contribution < 1.29 is 14.3 Å². The molecule has 1 aromatic carbocycles. The van der Waals surface area contributed by atoms with E-state index in [9.17, 15) is 4.39 Å². The quantitative estimate of drug-likeness (QED) is 0.224. The van der Waals surface area contributed by atoms with Crippen LogP contribution in [-0.2, 0) is 11.3 Å². The molecule has 0 saturated carbocycles. The van der Waals surface area contributed by atoms with Crippen LogP contribution in [0.4, 0.5) is 4.39 Å². The standard InChI is InChI=1S/C12H18FN3O2/c1-2-18-7-6-15-8-9-4-3-5-10(11(9)13)12(14)16-17/h3-5,15,17H,2,6-8H2,1H3,(H2,14,16). The van der Waals surface area contributed by atoms with Crippen molar-refractivity contribution in [2.24, 2.45) is 10.9 Å². The van der Waals surface area contributed by atoms with Crippen molar-refractivity contribution in [1.82, 2.24) is 5.32 Å². The van der Waals surface area contributed by atoms with Gasteiger partial charge in [-0.05, 0) is 13.0 Å². The number of benzene rings is 1. The second-order valence-corrected chi connectivity index (χ2v) is 3.64. The highest BCUT2D eigenvalue weighted by Crippen LogP contribution is 2.12. The van der Waals surface area contributed by atoms with Gasteiger partial charge < -0.3 is 21.0 Å². The number of rotatable bonds is 7. The Morgan fingerprint density at radius 2 is 2.33 bits per heavy atom. The lowest BCUT2D eigenvalue weighted by atomic mass is 10.1. The van der Waals surface area contributed by atoms with Gasteiger partial charge in [-0.15, -0.1) is 0 Å². The SMILES string of the molecule is CCOCCNCc1cccc(/C(N)=N/O)c1F. The topological polar surface area (TPSA) is 79.9 Å². The Balaban J connectivity index is 2.61. The molecule has 4 N–H and O–H groups in total. The van der Waals surface area contributed by atoms with Crippen LogP contribution in [0.25, 0.3) is 0 Å². The van der Waals surface area contributed by atoms with E-state index in [-0.39, 0.29) is 11.4 Å². The first kappa shape index (κ1) is 14.4. The molecule has 5 nitrogen and oxygen atoms in total. The number of nitrogens with one attached hydrogen (secondary N) is 1. The van der Waals surface area contributed by atoms with E-state index in [0.29, 0.717) is 31.9 Å². The van der Waals surface area contributed by atoms with Gasteiger partial charge in [0, 0.05) is 25.3 Å². The van der Waals surface area contributed by atoms with E-state index in [1.165, 1.54) is 6.07 Å². The van der Waals surface area contributed by atoms with Gasteiger partial charge in [0.1, 0.15) is 5.82 Å². The average molecular weight is 255 g/mol. The van der Waals surface area contributed by atoms with Crippen LogP contribution < -0.4 is 11.1 Å². The summed E-state index contributed by atoms with van der Waals surface area (Å²) in [5, 5.41) is 14.4. The monoisotopic (exact) mass is 255 g/mol. The first-order chi connectivity index (χ1) is 8.70. The van der Waals surface area contributed by atoms with Gasteiger partial charge in [0.15, 0.2) is 5.84 Å². The maximum absolute atomic E-state index is 13.9. The minimum Gasteiger partial charge on any atom is -0.409 e. The summed E-state index contributed by atoms with van der Waals surface area (Å²) in [4.78, 5) is 0. The smallest absolute Gasteiger partial charge is 0.173 e. The van der Waals surface area contributed by atoms with Crippen molar-refractivity contribution >= 4 is 5.84 Å². The molecule has 0 atom stereocenters. The summed E-state index contributed by atoms with van der Waals surface area (Å²) in [5.74, 6) is -0.708. The molecule has 0 aromatic heterocycles. The molecule has 0 bridgehead atoms. The molecule has 0 aliphatic heterocycles. The predicted molar refractivity (Wildman–Crippen MR) is 67.1 cm³/mol. The Morgan fingerprint density at radius 3 is 3.00 bits per heavy atom. The van der Waals surface area contributed by atoms with E-state index in [4.69, 9.17) is 15.7 Å². The van der Waals surface area contributed by atoms with Gasteiger partial charge >= 0.3 is 0 Å². The van der Waals surface area contributed by atoms with E-state index in [0.717, 1.165) is 0 Å². The summed E-state index contributed by atoms with van der Waals surface area (Å²) >= 11 is 0. The number of ether oxygens (including phenoxy) is 1. The van der Waals surface area contributed by atoms with Crippen LogP contribution in [0.15, 0.2) is 23.4 Å². The molecule has 0 saturated heterocycles. The summed E-state index contributed by atoms with van der Waals surface area (Å²) in [5.41, 5.74) is 5.94. The van der Waals surface area contributed by atoms with Gasteiger partial charge in [-0.25, -0.2) is 4.39 Å². The largest absolute Gasteiger partial charge is 0.409 e. The molecule has 1 rings (SSSR count). The molecule has 0 spiro atoms. The minimum absolute atomic E-state index is 0.0987. The molecule has 1 aromatic rings. The van der Waals surface area contributed by atoms with E-state index in [2.05, 4.69) is 10.5 Å². The zero-order chi connectivity index (χ0) is 13.4. The number of amidine groups is 1. The van der Waals surface area contributed by atoms with Gasteiger partial charge in [-0.3, -0.25) is 0 Å². The van der Waals surface area contributed by atoms with Crippen LogP contribution in [0.3, 0.4) is 0 Å². The fourth-order valence-corrected chi connectivity index (χ4v) is 1.48. The van der Waals surface area contributed by atoms with E-state index in [1.807, 2.05) is 6.92 Å². The molecule has 100 valence electrons. The molecular formula is C12H18FN3O2. The molecule has 0 radical (unpaired) electrons. The molecular weight excluding hydrogens is 237 g/mol. The highest BCUT2D eigenvalue weighted by molar-refractivity contribution is 5.97. The number of halogens is 1. The molecule has 0 amide bonds. The zero-order valence-corrected chi connectivity index (χ0v) is 10.3. The number of hydrogen-bond acceptors (Lipinski definition) is 4. The zero-order valence-electron chi connectivity index (χ0n) is 10.3. The van der Waals surface area contributed by atoms with Crippen LogP contribution in [0, 0.1) is 5.82 Å². The third-order valence-electron chi connectivity index (χ3n) is 2.41. The molecule has 18 heavy (non-hydrogen) atoms. The molecule has 0 heterocycles. The molecule has 0 fully saturated rings. The summed E-state index contributed by atoms with van der Waals surface area (Å²) in [6.45, 7) is 4.17. The normalized spacial score (nSPS) is 11.8. The van der Waals surface area contributed by atoms with Crippen LogP contribution in [0.5, 0.6) is 0 Å². The van der Waals surface area contributed by atoms with Gasteiger partial charge in [0.05, 0.1) is 12.2 Å². The first-order valence-electron chi connectivity index (χ1n) is 5.74. The lowest BCUT2D eigenvalue weighted by molar-refractivity contribution is 0.149. The Labute approximate surface area is 105 Å². The van der Waals surface area contributed by atoms with E-state index >= 15 is 0 Å². The Bertz CT molecular complexity index is 410. The third-order valence-corrected chi connectivity index (χ3v) is 2.41. The highest BCUT2D eigenvalue weighted by atomic mass is 19.1. The fraction of sp³-hybridized carbons (Fsp3) is 0.417. The Kier molecular flexibility index (Phi) is 6.10. The van der Waals surface area contributed by atoms with Gasteiger partial charge in [0.2, 0.25) is 0 Å². The fourth-order valence-electron chi connectivity index (χ4n) is 1.48. The average Bonchev–Trinajstić information content (AvgIpc) is 2.39. The van der Waals surface area contributed by atoms with Crippen molar-refractivity contribution in [3.63, 3.8) is 0 Å². The molecule has 6 heteroatoms. The molecule has 0 unspecified atom stereocenters. The van der Waals surface area contributed by atoms with Crippen LogP contribution in [0.1, 0.15) is 18.1 Å². The number of nitrogens with two attached hydrogens (primary N) is 1. The van der Waals surface area contributed by atoms with Crippen molar-refractivity contribution in [2.75, 3.05) is 19.8 Å². The molecule has 0 aliphatic carbocycles. The Hall–Kier alpha value is -1.66. The Morgan fingerprint density at radius 1 is 1.56 bits per heavy atom. The lowest BCUT2D eigenvalue weighted by Gasteiger charge is -2.08. The first-order valence-corrected chi connectivity index (χ1v) is 5.74. The van der Waals surface area contributed by atoms with Crippen LogP contribution in [-0.4, -0.2) is 30.8 Å². The third kappa shape index (κ3) is 3.97. The van der Waals surface area contributed by atoms with Crippen LogP contribution in [0.2, 0.25) is 0 Å². The van der Waals surface area contributed by atoms with Crippen molar-refractivity contribution in [1.29, 1.82) is 0 Å². The van der Waals surface area contributed by atoms with Gasteiger partial charge in [0.25, 0.3) is 0 Å². The second kappa shape index (κ2) is 7.62. The van der Waals surface area contributed by atoms with Crippen LogP contribution >= 0.6 is 0 Å². The maximum atomic E-state index is 13.9. The van der Waals surface area contributed by atoms with E-state index in [1.54, 1.807) is 12.1 Å². The van der Waals surface area contributed by atoms with Crippen molar-refractivity contribution in [2.45, 2.75) is 13.5 Å².